The molecular formula is C18H22BrN3. The van der Waals surface area contributed by atoms with Crippen LogP contribution in [-0.4, -0.2) is 19.0 Å². The molecule has 0 spiro atoms. The van der Waals surface area contributed by atoms with Crippen LogP contribution in [0.2, 0.25) is 0 Å². The van der Waals surface area contributed by atoms with Crippen LogP contribution >= 0.6 is 15.9 Å². The second-order valence-electron chi connectivity index (χ2n) is 5.94. The quantitative estimate of drug-likeness (QED) is 0.492. The third-order valence-electron chi connectivity index (χ3n) is 4.33. The zero-order valence-corrected chi connectivity index (χ0v) is 14.7. The molecule has 0 saturated heterocycles. The molecule has 2 aromatic carbocycles. The van der Waals surface area contributed by atoms with Crippen LogP contribution in [0.15, 0.2) is 39.8 Å². The van der Waals surface area contributed by atoms with Crippen molar-refractivity contribution in [3.05, 3.63) is 40.4 Å². The third kappa shape index (κ3) is 2.60. The molecule has 2 N–H and O–H groups in total. The van der Waals surface area contributed by atoms with Crippen LogP contribution in [0.1, 0.15) is 38.2 Å². The molecule has 1 atom stereocenters. The van der Waals surface area contributed by atoms with Gasteiger partial charge in [0.25, 0.3) is 0 Å². The SMILES string of the molecule is CCCCN=C(N)N1CC(C)c2c1ccc1c(Br)cccc21. The van der Waals surface area contributed by atoms with Crippen LogP contribution in [0.5, 0.6) is 0 Å². The summed E-state index contributed by atoms with van der Waals surface area (Å²) in [7, 11) is 0. The topological polar surface area (TPSA) is 41.6 Å². The first kappa shape index (κ1) is 15.3. The molecule has 1 aliphatic heterocycles. The fraction of sp³-hybridized carbons (Fsp3) is 0.389. The van der Waals surface area contributed by atoms with Gasteiger partial charge in [-0.05, 0) is 34.9 Å². The van der Waals surface area contributed by atoms with Gasteiger partial charge in [0, 0.05) is 29.2 Å². The highest BCUT2D eigenvalue weighted by atomic mass is 79.9. The van der Waals surface area contributed by atoms with Crippen LogP contribution in [0.25, 0.3) is 10.8 Å². The van der Waals surface area contributed by atoms with Gasteiger partial charge in [-0.15, -0.1) is 0 Å². The molecule has 2 aromatic rings. The van der Waals surface area contributed by atoms with Crippen LogP contribution in [0, 0.1) is 0 Å². The highest BCUT2D eigenvalue weighted by Gasteiger charge is 2.29. The van der Waals surface area contributed by atoms with E-state index in [1.165, 1.54) is 22.0 Å². The summed E-state index contributed by atoms with van der Waals surface area (Å²) >= 11 is 3.65. The average molecular weight is 360 g/mol. The summed E-state index contributed by atoms with van der Waals surface area (Å²) in [5.41, 5.74) is 8.82. The van der Waals surface area contributed by atoms with Crippen molar-refractivity contribution in [1.82, 2.24) is 0 Å². The maximum atomic E-state index is 6.24. The van der Waals surface area contributed by atoms with Crippen molar-refractivity contribution < 1.29 is 0 Å². The van der Waals surface area contributed by atoms with E-state index >= 15 is 0 Å². The van der Waals surface area contributed by atoms with Crippen molar-refractivity contribution in [2.24, 2.45) is 10.7 Å². The van der Waals surface area contributed by atoms with Crippen molar-refractivity contribution in [3.8, 4) is 0 Å². The van der Waals surface area contributed by atoms with E-state index in [0.717, 1.165) is 30.4 Å². The van der Waals surface area contributed by atoms with Crippen molar-refractivity contribution in [3.63, 3.8) is 0 Å². The lowest BCUT2D eigenvalue weighted by molar-refractivity contribution is 0.794. The summed E-state index contributed by atoms with van der Waals surface area (Å²) < 4.78 is 1.14. The van der Waals surface area contributed by atoms with Crippen LogP contribution in [0.3, 0.4) is 0 Å². The number of nitrogens with zero attached hydrogens (tertiary/aromatic N) is 2. The van der Waals surface area contributed by atoms with Gasteiger partial charge in [-0.1, -0.05) is 54.4 Å². The summed E-state index contributed by atoms with van der Waals surface area (Å²) in [6, 6.07) is 10.7. The van der Waals surface area contributed by atoms with E-state index in [-0.39, 0.29) is 0 Å². The van der Waals surface area contributed by atoms with Gasteiger partial charge in [0.15, 0.2) is 5.96 Å². The molecule has 22 heavy (non-hydrogen) atoms. The first-order chi connectivity index (χ1) is 10.6. The number of nitrogens with two attached hydrogens (primary N) is 1. The Balaban J connectivity index is 2.04. The standard InChI is InChI=1S/C18H22BrN3/c1-3-4-10-21-18(20)22-11-12(2)17-14-6-5-7-15(19)13(14)8-9-16(17)22/h5-9,12H,3-4,10-11H2,1-2H3,(H2,20,21). The molecule has 0 aromatic heterocycles. The van der Waals surface area contributed by atoms with Gasteiger partial charge in [0.05, 0.1) is 0 Å². The fourth-order valence-electron chi connectivity index (χ4n) is 3.20. The Bertz CT molecular complexity index is 724. The maximum Gasteiger partial charge on any atom is 0.195 e. The van der Waals surface area contributed by atoms with Crippen molar-refractivity contribution in [2.75, 3.05) is 18.0 Å². The number of benzene rings is 2. The zero-order valence-electron chi connectivity index (χ0n) is 13.1. The lowest BCUT2D eigenvalue weighted by Gasteiger charge is -2.18. The van der Waals surface area contributed by atoms with Gasteiger partial charge >= 0.3 is 0 Å². The monoisotopic (exact) mass is 359 g/mol. The highest BCUT2D eigenvalue weighted by molar-refractivity contribution is 9.10. The largest absolute Gasteiger partial charge is 0.370 e. The number of halogens is 1. The molecule has 0 fully saturated rings. The molecule has 3 nitrogen and oxygen atoms in total. The first-order valence-electron chi connectivity index (χ1n) is 7.92. The number of guanidine groups is 1. The molecule has 3 rings (SSSR count). The molecule has 1 unspecified atom stereocenters. The molecule has 1 heterocycles. The highest BCUT2D eigenvalue weighted by Crippen LogP contribution is 2.42. The summed E-state index contributed by atoms with van der Waals surface area (Å²) in [5.74, 6) is 1.10. The average Bonchev–Trinajstić information content (AvgIpc) is 2.85. The van der Waals surface area contributed by atoms with Gasteiger partial charge in [0.2, 0.25) is 0 Å². The van der Waals surface area contributed by atoms with E-state index in [1.54, 1.807) is 0 Å². The Labute approximate surface area is 140 Å². The van der Waals surface area contributed by atoms with Gasteiger partial charge in [0.1, 0.15) is 0 Å². The minimum Gasteiger partial charge on any atom is -0.370 e. The number of rotatable bonds is 3. The van der Waals surface area contributed by atoms with Gasteiger partial charge in [-0.2, -0.15) is 0 Å². The van der Waals surface area contributed by atoms with Crippen molar-refractivity contribution >= 4 is 38.3 Å². The molecule has 0 saturated carbocycles. The maximum absolute atomic E-state index is 6.24. The predicted molar refractivity (Wildman–Crippen MR) is 98.8 cm³/mol. The third-order valence-corrected chi connectivity index (χ3v) is 5.02. The Morgan fingerprint density at radius 3 is 2.91 bits per heavy atom. The van der Waals surface area contributed by atoms with E-state index in [2.05, 4.69) is 70.0 Å². The van der Waals surface area contributed by atoms with E-state index < -0.39 is 0 Å². The lowest BCUT2D eigenvalue weighted by Crippen LogP contribution is -2.36. The summed E-state index contributed by atoms with van der Waals surface area (Å²) in [4.78, 5) is 6.70. The Morgan fingerprint density at radius 1 is 1.32 bits per heavy atom. The minimum atomic E-state index is 0.452. The van der Waals surface area contributed by atoms with Gasteiger partial charge in [-0.25, -0.2) is 0 Å². The molecule has 116 valence electrons. The van der Waals surface area contributed by atoms with Crippen LogP contribution in [-0.2, 0) is 0 Å². The first-order valence-corrected chi connectivity index (χ1v) is 8.71. The predicted octanol–water partition coefficient (Wildman–Crippen LogP) is 4.64. The Hall–Kier alpha value is -1.55. The molecule has 0 amide bonds. The fourth-order valence-corrected chi connectivity index (χ4v) is 3.70. The molecule has 0 aliphatic carbocycles. The summed E-state index contributed by atoms with van der Waals surface area (Å²) in [5, 5.41) is 2.57. The normalized spacial score (nSPS) is 18.0. The number of hydrogen-bond donors (Lipinski definition) is 1. The summed E-state index contributed by atoms with van der Waals surface area (Å²) in [6.45, 7) is 6.14. The van der Waals surface area contributed by atoms with Crippen LogP contribution in [0.4, 0.5) is 5.69 Å². The number of aliphatic imine (C=N–C) groups is 1. The number of unbranched alkanes of at least 4 members (excludes halogenated alkanes) is 1. The minimum absolute atomic E-state index is 0.452. The van der Waals surface area contributed by atoms with E-state index in [4.69, 9.17) is 5.73 Å². The summed E-state index contributed by atoms with van der Waals surface area (Å²) in [6.07, 6.45) is 2.23. The Morgan fingerprint density at radius 2 is 2.14 bits per heavy atom. The number of anilines is 1. The number of fused-ring (bicyclic) bond motifs is 3. The molecule has 1 aliphatic rings. The van der Waals surface area contributed by atoms with E-state index in [1.807, 2.05) is 0 Å². The molecule has 4 heteroatoms. The van der Waals surface area contributed by atoms with E-state index in [9.17, 15) is 0 Å². The van der Waals surface area contributed by atoms with Gasteiger partial charge < -0.3 is 10.6 Å². The zero-order chi connectivity index (χ0) is 15.7. The van der Waals surface area contributed by atoms with E-state index in [0.29, 0.717) is 11.9 Å². The lowest BCUT2D eigenvalue weighted by atomic mass is 9.96. The van der Waals surface area contributed by atoms with Gasteiger partial charge in [-0.3, -0.25) is 4.99 Å². The van der Waals surface area contributed by atoms with Crippen molar-refractivity contribution in [1.29, 1.82) is 0 Å². The number of hydrogen-bond acceptors (Lipinski definition) is 1. The Kier molecular flexibility index (Phi) is 4.39. The van der Waals surface area contributed by atoms with Crippen molar-refractivity contribution in [2.45, 2.75) is 32.6 Å². The second-order valence-corrected chi connectivity index (χ2v) is 6.79. The van der Waals surface area contributed by atoms with Crippen LogP contribution < -0.4 is 10.6 Å². The molecular weight excluding hydrogens is 338 g/mol. The second kappa shape index (κ2) is 6.29. The smallest absolute Gasteiger partial charge is 0.195 e. The molecule has 0 radical (unpaired) electrons. The molecule has 0 bridgehead atoms.